The van der Waals surface area contributed by atoms with Crippen LogP contribution in [0.3, 0.4) is 0 Å². The van der Waals surface area contributed by atoms with E-state index in [0.717, 1.165) is 5.56 Å². The third-order valence-electron chi connectivity index (χ3n) is 2.05. The summed E-state index contributed by atoms with van der Waals surface area (Å²) in [4.78, 5) is 11.3. The Labute approximate surface area is 81.8 Å². The fourth-order valence-electron chi connectivity index (χ4n) is 1.35. The molecule has 0 saturated heterocycles. The molecular formula is C12H10O2. The smallest absolute Gasteiger partial charge is 0.339 e. The van der Waals surface area contributed by atoms with Crippen LogP contribution in [0, 0.1) is 0 Å². The number of hydrogen-bond donors (Lipinski definition) is 0. The minimum atomic E-state index is -0.253. The van der Waals surface area contributed by atoms with Gasteiger partial charge in [-0.25, -0.2) is 4.79 Å². The van der Waals surface area contributed by atoms with Gasteiger partial charge in [0.15, 0.2) is 0 Å². The van der Waals surface area contributed by atoms with Crippen LogP contribution in [0.5, 0.6) is 0 Å². The van der Waals surface area contributed by atoms with Crippen molar-refractivity contribution in [1.29, 1.82) is 0 Å². The first-order valence-corrected chi connectivity index (χ1v) is 4.47. The van der Waals surface area contributed by atoms with E-state index < -0.39 is 0 Å². The molecule has 0 N–H and O–H groups in total. The lowest BCUT2D eigenvalue weighted by Gasteiger charge is -1.98. The molecule has 0 aliphatic heterocycles. The summed E-state index contributed by atoms with van der Waals surface area (Å²) in [6.45, 7) is 0. The van der Waals surface area contributed by atoms with Crippen molar-refractivity contribution in [2.75, 3.05) is 0 Å². The van der Waals surface area contributed by atoms with Gasteiger partial charge in [-0.05, 0) is 17.7 Å². The highest BCUT2D eigenvalue weighted by molar-refractivity contribution is 5.22. The molecule has 70 valence electrons. The third kappa shape index (κ3) is 1.91. The van der Waals surface area contributed by atoms with Crippen LogP contribution < -0.4 is 5.63 Å². The highest BCUT2D eigenvalue weighted by atomic mass is 16.4. The third-order valence-corrected chi connectivity index (χ3v) is 2.05. The zero-order valence-corrected chi connectivity index (χ0v) is 7.64. The summed E-state index contributed by atoms with van der Waals surface area (Å²) in [5, 5.41) is 0. The average molecular weight is 186 g/mol. The topological polar surface area (TPSA) is 30.2 Å². The Morgan fingerprint density at radius 3 is 2.50 bits per heavy atom. The molecule has 0 atom stereocenters. The van der Waals surface area contributed by atoms with Gasteiger partial charge in [0.05, 0.1) is 6.26 Å². The van der Waals surface area contributed by atoms with Gasteiger partial charge in [0, 0.05) is 12.0 Å². The van der Waals surface area contributed by atoms with Gasteiger partial charge in [-0.1, -0.05) is 30.3 Å². The molecule has 1 heterocycles. The lowest BCUT2D eigenvalue weighted by molar-refractivity contribution is 0.503. The molecule has 0 spiro atoms. The first-order valence-electron chi connectivity index (χ1n) is 4.47. The molecule has 2 heteroatoms. The second-order valence-electron chi connectivity index (χ2n) is 3.09. The zero-order valence-electron chi connectivity index (χ0n) is 7.64. The van der Waals surface area contributed by atoms with Gasteiger partial charge in [0.25, 0.3) is 0 Å². The van der Waals surface area contributed by atoms with Crippen LogP contribution in [-0.2, 0) is 6.42 Å². The van der Waals surface area contributed by atoms with Crippen LogP contribution in [0.1, 0.15) is 11.1 Å². The number of rotatable bonds is 2. The van der Waals surface area contributed by atoms with E-state index in [9.17, 15) is 4.79 Å². The fraction of sp³-hybridized carbons (Fsp3) is 0.0833. The normalized spacial score (nSPS) is 10.0. The van der Waals surface area contributed by atoms with Gasteiger partial charge < -0.3 is 4.42 Å². The minimum absolute atomic E-state index is 0.253. The summed E-state index contributed by atoms with van der Waals surface area (Å²) in [6.07, 6.45) is 2.03. The Bertz CT molecular complexity index is 457. The molecule has 0 unspecified atom stereocenters. The van der Waals surface area contributed by atoms with Gasteiger partial charge in [-0.15, -0.1) is 0 Å². The summed E-state index contributed by atoms with van der Waals surface area (Å²) in [5.41, 5.74) is 1.56. The van der Waals surface area contributed by atoms with Crippen molar-refractivity contribution in [3.05, 3.63) is 70.3 Å². The van der Waals surface area contributed by atoms with Crippen molar-refractivity contribution in [3.8, 4) is 0 Å². The molecule has 1 aromatic carbocycles. The zero-order chi connectivity index (χ0) is 9.80. The van der Waals surface area contributed by atoms with Crippen molar-refractivity contribution >= 4 is 0 Å². The number of benzene rings is 1. The molecular weight excluding hydrogens is 176 g/mol. The van der Waals surface area contributed by atoms with Crippen molar-refractivity contribution in [3.63, 3.8) is 0 Å². The number of hydrogen-bond acceptors (Lipinski definition) is 2. The lowest BCUT2D eigenvalue weighted by Crippen LogP contribution is -2.06. The van der Waals surface area contributed by atoms with E-state index in [2.05, 4.69) is 0 Å². The fourth-order valence-corrected chi connectivity index (χ4v) is 1.35. The van der Waals surface area contributed by atoms with E-state index in [1.165, 1.54) is 6.26 Å². The van der Waals surface area contributed by atoms with E-state index in [1.54, 1.807) is 12.1 Å². The standard InChI is InChI=1S/C12H10O2/c13-12-11(7-4-8-14-12)9-10-5-2-1-3-6-10/h1-8H,9H2. The summed E-state index contributed by atoms with van der Waals surface area (Å²) < 4.78 is 4.77. The van der Waals surface area contributed by atoms with Crippen molar-refractivity contribution in [2.24, 2.45) is 0 Å². The van der Waals surface area contributed by atoms with E-state index >= 15 is 0 Å². The molecule has 0 bridgehead atoms. The maximum Gasteiger partial charge on any atom is 0.339 e. The Morgan fingerprint density at radius 1 is 1.00 bits per heavy atom. The summed E-state index contributed by atoms with van der Waals surface area (Å²) in [6, 6.07) is 13.4. The van der Waals surface area contributed by atoms with E-state index in [0.29, 0.717) is 12.0 Å². The summed E-state index contributed by atoms with van der Waals surface area (Å²) in [7, 11) is 0. The summed E-state index contributed by atoms with van der Waals surface area (Å²) in [5.74, 6) is 0. The highest BCUT2D eigenvalue weighted by Crippen LogP contribution is 2.04. The largest absolute Gasteiger partial charge is 0.431 e. The van der Waals surface area contributed by atoms with E-state index in [4.69, 9.17) is 4.42 Å². The predicted octanol–water partition coefficient (Wildman–Crippen LogP) is 2.23. The van der Waals surface area contributed by atoms with Gasteiger partial charge >= 0.3 is 5.63 Å². The molecule has 2 aromatic rings. The second kappa shape index (κ2) is 3.92. The van der Waals surface area contributed by atoms with Gasteiger partial charge in [0.1, 0.15) is 0 Å². The lowest BCUT2D eigenvalue weighted by atomic mass is 10.1. The van der Waals surface area contributed by atoms with Gasteiger partial charge in [-0.3, -0.25) is 0 Å². The molecule has 2 rings (SSSR count). The van der Waals surface area contributed by atoms with Crippen LogP contribution in [0.25, 0.3) is 0 Å². The molecule has 0 aliphatic rings. The Hall–Kier alpha value is -1.83. The molecule has 2 nitrogen and oxygen atoms in total. The van der Waals surface area contributed by atoms with Crippen molar-refractivity contribution < 1.29 is 4.42 Å². The molecule has 0 radical (unpaired) electrons. The van der Waals surface area contributed by atoms with Gasteiger partial charge in [-0.2, -0.15) is 0 Å². The second-order valence-corrected chi connectivity index (χ2v) is 3.09. The molecule has 0 fully saturated rings. The minimum Gasteiger partial charge on any atom is -0.431 e. The van der Waals surface area contributed by atoms with Gasteiger partial charge in [0.2, 0.25) is 0 Å². The summed E-state index contributed by atoms with van der Waals surface area (Å²) >= 11 is 0. The Balaban J connectivity index is 2.28. The highest BCUT2D eigenvalue weighted by Gasteiger charge is 2.00. The predicted molar refractivity (Wildman–Crippen MR) is 54.2 cm³/mol. The van der Waals surface area contributed by atoms with Crippen molar-refractivity contribution in [1.82, 2.24) is 0 Å². The molecule has 0 aliphatic carbocycles. The maximum atomic E-state index is 11.3. The van der Waals surface area contributed by atoms with Crippen LogP contribution in [0.2, 0.25) is 0 Å². The molecule has 14 heavy (non-hydrogen) atoms. The first kappa shape index (κ1) is 8.75. The van der Waals surface area contributed by atoms with Crippen LogP contribution in [0.15, 0.2) is 57.9 Å². The maximum absolute atomic E-state index is 11.3. The van der Waals surface area contributed by atoms with Crippen molar-refractivity contribution in [2.45, 2.75) is 6.42 Å². The van der Waals surface area contributed by atoms with E-state index in [1.807, 2.05) is 30.3 Å². The quantitative estimate of drug-likeness (QED) is 0.719. The monoisotopic (exact) mass is 186 g/mol. The molecule has 0 amide bonds. The molecule has 0 saturated carbocycles. The van der Waals surface area contributed by atoms with E-state index in [-0.39, 0.29) is 5.63 Å². The Kier molecular flexibility index (Phi) is 2.45. The Morgan fingerprint density at radius 2 is 1.79 bits per heavy atom. The van der Waals surface area contributed by atoms with Crippen LogP contribution >= 0.6 is 0 Å². The average Bonchev–Trinajstić information content (AvgIpc) is 2.23. The first-order chi connectivity index (χ1) is 6.86. The van der Waals surface area contributed by atoms with Crippen LogP contribution in [0.4, 0.5) is 0 Å². The SMILES string of the molecule is O=c1occcc1Cc1ccccc1. The van der Waals surface area contributed by atoms with Crippen LogP contribution in [-0.4, -0.2) is 0 Å². The molecule has 1 aromatic heterocycles.